The summed E-state index contributed by atoms with van der Waals surface area (Å²) in [5.41, 5.74) is 3.49. The van der Waals surface area contributed by atoms with Crippen molar-refractivity contribution in [2.45, 2.75) is 26.6 Å². The molecular formula is C20H19F3N4O. The number of aromatic nitrogens is 3. The van der Waals surface area contributed by atoms with Gasteiger partial charge in [-0.15, -0.1) is 0 Å². The highest BCUT2D eigenvalue weighted by Crippen LogP contribution is 2.22. The van der Waals surface area contributed by atoms with E-state index in [2.05, 4.69) is 20.3 Å². The predicted molar refractivity (Wildman–Crippen MR) is 100 cm³/mol. The van der Waals surface area contributed by atoms with Crippen molar-refractivity contribution >= 4 is 5.82 Å². The van der Waals surface area contributed by atoms with Crippen LogP contribution in [0.15, 0.2) is 48.8 Å². The highest BCUT2D eigenvalue weighted by molar-refractivity contribution is 5.58. The zero-order valence-electron chi connectivity index (χ0n) is 15.4. The van der Waals surface area contributed by atoms with Crippen molar-refractivity contribution in [3.8, 4) is 17.1 Å². The Hall–Kier alpha value is -3.16. The Balaban J connectivity index is 1.69. The Morgan fingerprint density at radius 2 is 1.79 bits per heavy atom. The molecule has 1 N–H and O–H groups in total. The molecule has 2 heterocycles. The molecule has 0 amide bonds. The van der Waals surface area contributed by atoms with Crippen LogP contribution in [0.5, 0.6) is 5.75 Å². The molecule has 0 saturated heterocycles. The second-order valence-corrected chi connectivity index (χ2v) is 6.25. The molecule has 0 aliphatic rings. The van der Waals surface area contributed by atoms with Gasteiger partial charge in [-0.1, -0.05) is 12.1 Å². The summed E-state index contributed by atoms with van der Waals surface area (Å²) in [7, 11) is 0. The fourth-order valence-electron chi connectivity index (χ4n) is 2.48. The van der Waals surface area contributed by atoms with Gasteiger partial charge < -0.3 is 10.1 Å². The summed E-state index contributed by atoms with van der Waals surface area (Å²) in [6, 6.07) is 10.2. The lowest BCUT2D eigenvalue weighted by molar-refractivity contribution is -0.153. The van der Waals surface area contributed by atoms with Crippen LogP contribution in [-0.4, -0.2) is 27.7 Å². The van der Waals surface area contributed by atoms with Crippen molar-refractivity contribution in [1.29, 1.82) is 0 Å². The first-order valence-electron chi connectivity index (χ1n) is 8.60. The number of ether oxygens (including phenoxy) is 1. The van der Waals surface area contributed by atoms with E-state index in [1.165, 1.54) is 12.1 Å². The molecule has 0 saturated carbocycles. The molecule has 5 nitrogen and oxygen atoms in total. The van der Waals surface area contributed by atoms with E-state index in [1.807, 2.05) is 26.0 Å². The second-order valence-electron chi connectivity index (χ2n) is 6.25. The van der Waals surface area contributed by atoms with Crippen LogP contribution in [0.4, 0.5) is 19.0 Å². The number of benzene rings is 1. The van der Waals surface area contributed by atoms with Gasteiger partial charge in [0, 0.05) is 35.8 Å². The maximum Gasteiger partial charge on any atom is 0.422 e. The summed E-state index contributed by atoms with van der Waals surface area (Å²) in [6.07, 6.45) is -0.964. The molecule has 146 valence electrons. The Morgan fingerprint density at radius 1 is 1.04 bits per heavy atom. The van der Waals surface area contributed by atoms with Crippen molar-refractivity contribution in [3.63, 3.8) is 0 Å². The zero-order valence-corrected chi connectivity index (χ0v) is 15.4. The van der Waals surface area contributed by atoms with E-state index >= 15 is 0 Å². The minimum Gasteiger partial charge on any atom is -0.484 e. The third-order valence-electron chi connectivity index (χ3n) is 4.09. The summed E-state index contributed by atoms with van der Waals surface area (Å²) < 4.78 is 41.3. The number of hydrogen-bond acceptors (Lipinski definition) is 5. The monoisotopic (exact) mass is 388 g/mol. The normalized spacial score (nSPS) is 11.3. The van der Waals surface area contributed by atoms with Gasteiger partial charge in [-0.05, 0) is 43.7 Å². The molecule has 0 fully saturated rings. The lowest BCUT2D eigenvalue weighted by Crippen LogP contribution is -2.19. The van der Waals surface area contributed by atoms with Crippen LogP contribution in [0, 0.1) is 13.8 Å². The van der Waals surface area contributed by atoms with Gasteiger partial charge in [-0.25, -0.2) is 9.97 Å². The minimum atomic E-state index is -4.35. The van der Waals surface area contributed by atoms with Gasteiger partial charge in [-0.3, -0.25) is 4.98 Å². The van der Waals surface area contributed by atoms with Crippen LogP contribution in [0.1, 0.15) is 16.8 Å². The van der Waals surface area contributed by atoms with E-state index in [9.17, 15) is 13.2 Å². The van der Waals surface area contributed by atoms with Crippen molar-refractivity contribution in [2.24, 2.45) is 0 Å². The van der Waals surface area contributed by atoms with Crippen molar-refractivity contribution in [3.05, 3.63) is 65.6 Å². The van der Waals surface area contributed by atoms with Gasteiger partial charge in [-0.2, -0.15) is 13.2 Å². The van der Waals surface area contributed by atoms with Crippen LogP contribution in [0.25, 0.3) is 11.4 Å². The lowest BCUT2D eigenvalue weighted by Gasteiger charge is -2.13. The fourth-order valence-corrected chi connectivity index (χ4v) is 2.48. The number of rotatable bonds is 6. The Labute approximate surface area is 160 Å². The molecule has 0 aliphatic heterocycles. The quantitative estimate of drug-likeness (QED) is 0.663. The molecule has 0 bridgehead atoms. The first-order chi connectivity index (χ1) is 13.3. The number of nitrogens with zero attached hydrogens (tertiary/aromatic N) is 3. The maximum absolute atomic E-state index is 12.2. The highest BCUT2D eigenvalue weighted by Gasteiger charge is 2.28. The Morgan fingerprint density at radius 3 is 2.43 bits per heavy atom. The molecule has 1 aromatic carbocycles. The maximum atomic E-state index is 12.2. The summed E-state index contributed by atoms with van der Waals surface area (Å²) in [4.78, 5) is 13.2. The lowest BCUT2D eigenvalue weighted by atomic mass is 10.2. The van der Waals surface area contributed by atoms with E-state index in [0.717, 1.165) is 22.4 Å². The number of anilines is 1. The molecular weight excluding hydrogens is 369 g/mol. The molecule has 0 radical (unpaired) electrons. The molecule has 28 heavy (non-hydrogen) atoms. The number of hydrogen-bond donors (Lipinski definition) is 1. The molecule has 0 unspecified atom stereocenters. The average molecular weight is 388 g/mol. The number of pyridine rings is 1. The van der Waals surface area contributed by atoms with Gasteiger partial charge in [0.25, 0.3) is 0 Å². The molecule has 3 aromatic rings. The van der Waals surface area contributed by atoms with E-state index < -0.39 is 12.8 Å². The van der Waals surface area contributed by atoms with E-state index in [-0.39, 0.29) is 5.75 Å². The van der Waals surface area contributed by atoms with Crippen LogP contribution in [-0.2, 0) is 6.54 Å². The molecule has 0 spiro atoms. The highest BCUT2D eigenvalue weighted by atomic mass is 19.4. The number of alkyl halides is 3. The molecule has 3 rings (SSSR count). The van der Waals surface area contributed by atoms with Gasteiger partial charge in [0.15, 0.2) is 12.4 Å². The van der Waals surface area contributed by atoms with E-state index in [1.54, 1.807) is 24.5 Å². The molecule has 0 aliphatic carbocycles. The summed E-state index contributed by atoms with van der Waals surface area (Å²) >= 11 is 0. The predicted octanol–water partition coefficient (Wildman–Crippen LogP) is 4.71. The molecule has 2 aromatic heterocycles. The van der Waals surface area contributed by atoms with Crippen molar-refractivity contribution < 1.29 is 17.9 Å². The SMILES string of the molecule is Cc1nc(-c2cccnc2)nc(NCc2ccc(OCC(F)(F)F)cc2)c1C. The summed E-state index contributed by atoms with van der Waals surface area (Å²) in [5, 5.41) is 3.26. The third kappa shape index (κ3) is 5.18. The number of halogens is 3. The van der Waals surface area contributed by atoms with Crippen molar-refractivity contribution in [1.82, 2.24) is 15.0 Å². The second kappa shape index (κ2) is 8.24. The Kier molecular flexibility index (Phi) is 5.77. The van der Waals surface area contributed by atoms with Crippen LogP contribution < -0.4 is 10.1 Å². The minimum absolute atomic E-state index is 0.175. The van der Waals surface area contributed by atoms with Crippen molar-refractivity contribution in [2.75, 3.05) is 11.9 Å². The smallest absolute Gasteiger partial charge is 0.422 e. The van der Waals surface area contributed by atoms with E-state index in [0.29, 0.717) is 18.2 Å². The number of aryl methyl sites for hydroxylation is 1. The first kappa shape index (κ1) is 19.6. The summed E-state index contributed by atoms with van der Waals surface area (Å²) in [5.74, 6) is 1.45. The fraction of sp³-hybridized carbons (Fsp3) is 0.250. The molecule has 8 heteroatoms. The first-order valence-corrected chi connectivity index (χ1v) is 8.60. The van der Waals surface area contributed by atoms with Crippen LogP contribution in [0.2, 0.25) is 0 Å². The topological polar surface area (TPSA) is 59.9 Å². The van der Waals surface area contributed by atoms with Gasteiger partial charge in [0.1, 0.15) is 11.6 Å². The third-order valence-corrected chi connectivity index (χ3v) is 4.09. The summed E-state index contributed by atoms with van der Waals surface area (Å²) in [6.45, 7) is 3.00. The van der Waals surface area contributed by atoms with Crippen LogP contribution >= 0.6 is 0 Å². The largest absolute Gasteiger partial charge is 0.484 e. The Bertz CT molecular complexity index is 929. The van der Waals surface area contributed by atoms with Gasteiger partial charge in [0.2, 0.25) is 0 Å². The zero-order chi connectivity index (χ0) is 20.1. The standard InChI is InChI=1S/C20H19F3N4O/c1-13-14(2)26-19(16-4-3-9-24-11-16)27-18(13)25-10-15-5-7-17(8-6-15)28-12-20(21,22)23/h3-9,11H,10,12H2,1-2H3,(H,25,26,27). The number of nitrogens with one attached hydrogen (secondary N) is 1. The van der Waals surface area contributed by atoms with Crippen LogP contribution in [0.3, 0.4) is 0 Å². The van der Waals surface area contributed by atoms with Gasteiger partial charge >= 0.3 is 6.18 Å². The van der Waals surface area contributed by atoms with E-state index in [4.69, 9.17) is 4.74 Å². The average Bonchev–Trinajstić information content (AvgIpc) is 2.68. The molecule has 0 atom stereocenters. The van der Waals surface area contributed by atoms with Gasteiger partial charge in [0.05, 0.1) is 0 Å².